The molecule has 0 saturated heterocycles. The van der Waals surface area contributed by atoms with E-state index in [0.717, 1.165) is 10.0 Å². The molecule has 3 heteroatoms. The normalized spacial score (nSPS) is 15.4. The van der Waals surface area contributed by atoms with Gasteiger partial charge in [-0.15, -0.1) is 0 Å². The summed E-state index contributed by atoms with van der Waals surface area (Å²) in [4.78, 5) is 0. The topological polar surface area (TPSA) is 26.0 Å². The molecule has 0 aromatic heterocycles. The average molecular weight is 246 g/mol. The van der Waals surface area contributed by atoms with E-state index in [9.17, 15) is 4.39 Å². The van der Waals surface area contributed by atoms with Crippen LogP contribution in [0.5, 0.6) is 0 Å². The Hall–Kier alpha value is -0.410. The summed E-state index contributed by atoms with van der Waals surface area (Å²) in [5, 5.41) is 0. The van der Waals surface area contributed by atoms with Crippen molar-refractivity contribution < 1.29 is 4.39 Å². The molecule has 0 aliphatic heterocycles. The molecular weight excluding hydrogens is 233 g/mol. The zero-order valence-corrected chi connectivity index (χ0v) is 9.14. The quantitative estimate of drug-likeness (QED) is 0.871. The molecular formula is C10H13BrFN. The summed E-state index contributed by atoms with van der Waals surface area (Å²) in [6, 6.07) is 7.60. The monoisotopic (exact) mass is 245 g/mol. The predicted molar refractivity (Wildman–Crippen MR) is 56.5 cm³/mol. The molecule has 0 bridgehead atoms. The van der Waals surface area contributed by atoms with Gasteiger partial charge in [-0.3, -0.25) is 4.39 Å². The molecule has 2 N–H and O–H groups in total. The lowest BCUT2D eigenvalue weighted by atomic mass is 9.84. The second-order valence-corrected chi connectivity index (χ2v) is 4.23. The predicted octanol–water partition coefficient (Wildman–Crippen LogP) is 2.64. The van der Waals surface area contributed by atoms with Gasteiger partial charge in [-0.25, -0.2) is 0 Å². The van der Waals surface area contributed by atoms with Crippen LogP contribution in [0.1, 0.15) is 12.5 Å². The molecule has 0 aliphatic rings. The molecule has 0 amide bonds. The minimum atomic E-state index is -0.569. The fourth-order valence-electron chi connectivity index (χ4n) is 1.19. The number of hydrogen-bond acceptors (Lipinski definition) is 1. The van der Waals surface area contributed by atoms with Gasteiger partial charge in [0.2, 0.25) is 0 Å². The highest BCUT2D eigenvalue weighted by molar-refractivity contribution is 9.10. The van der Waals surface area contributed by atoms with Gasteiger partial charge in [-0.1, -0.05) is 41.1 Å². The fraction of sp³-hybridized carbons (Fsp3) is 0.400. The smallest absolute Gasteiger partial charge is 0.100 e. The third-order valence-corrected chi connectivity index (χ3v) is 2.96. The summed E-state index contributed by atoms with van der Waals surface area (Å²) in [7, 11) is 0. The number of hydrogen-bond donors (Lipinski definition) is 1. The van der Waals surface area contributed by atoms with Crippen molar-refractivity contribution in [2.45, 2.75) is 12.3 Å². The Kier molecular flexibility index (Phi) is 3.45. The molecule has 0 fully saturated rings. The highest BCUT2D eigenvalue weighted by Gasteiger charge is 2.26. The SMILES string of the molecule is CC(CN)(CF)c1ccccc1Br. The first kappa shape index (κ1) is 10.7. The summed E-state index contributed by atoms with van der Waals surface area (Å²) in [5.41, 5.74) is 5.92. The maximum Gasteiger partial charge on any atom is 0.100 e. The zero-order chi connectivity index (χ0) is 9.90. The van der Waals surface area contributed by atoms with E-state index in [-0.39, 0.29) is 0 Å². The minimum absolute atomic E-state index is 0.312. The van der Waals surface area contributed by atoms with E-state index in [1.54, 1.807) is 0 Å². The van der Waals surface area contributed by atoms with Gasteiger partial charge in [-0.05, 0) is 11.6 Å². The lowest BCUT2D eigenvalue weighted by Gasteiger charge is -2.25. The summed E-state index contributed by atoms with van der Waals surface area (Å²) in [5.74, 6) is 0. The Balaban J connectivity index is 3.12. The molecule has 1 unspecified atom stereocenters. The second-order valence-electron chi connectivity index (χ2n) is 3.38. The van der Waals surface area contributed by atoms with Crippen LogP contribution in [0.3, 0.4) is 0 Å². The van der Waals surface area contributed by atoms with Gasteiger partial charge in [0.25, 0.3) is 0 Å². The van der Waals surface area contributed by atoms with Crippen molar-refractivity contribution in [3.63, 3.8) is 0 Å². The number of alkyl halides is 1. The standard InChI is InChI=1S/C10H13BrFN/c1-10(6-12,7-13)8-4-2-3-5-9(8)11/h2-5H,6-7,13H2,1H3. The van der Waals surface area contributed by atoms with Crippen molar-refractivity contribution in [3.8, 4) is 0 Å². The number of halogens is 2. The van der Waals surface area contributed by atoms with Crippen LogP contribution in [-0.2, 0) is 5.41 Å². The van der Waals surface area contributed by atoms with Crippen LogP contribution in [-0.4, -0.2) is 13.2 Å². The van der Waals surface area contributed by atoms with Crippen LogP contribution in [0.25, 0.3) is 0 Å². The average Bonchev–Trinajstić information content (AvgIpc) is 2.17. The summed E-state index contributed by atoms with van der Waals surface area (Å²) in [6.45, 7) is 1.70. The van der Waals surface area contributed by atoms with Crippen LogP contribution in [0.4, 0.5) is 4.39 Å². The van der Waals surface area contributed by atoms with Gasteiger partial charge < -0.3 is 5.73 Å². The molecule has 1 aromatic rings. The van der Waals surface area contributed by atoms with E-state index < -0.39 is 12.1 Å². The van der Waals surface area contributed by atoms with E-state index in [1.165, 1.54) is 0 Å². The van der Waals surface area contributed by atoms with Gasteiger partial charge in [0, 0.05) is 16.4 Å². The largest absolute Gasteiger partial charge is 0.329 e. The Morgan fingerprint density at radius 2 is 2.08 bits per heavy atom. The summed E-state index contributed by atoms with van der Waals surface area (Å²) < 4.78 is 13.7. The van der Waals surface area contributed by atoms with Crippen molar-refractivity contribution in [3.05, 3.63) is 34.3 Å². The van der Waals surface area contributed by atoms with Gasteiger partial charge >= 0.3 is 0 Å². The molecule has 0 saturated carbocycles. The van der Waals surface area contributed by atoms with Gasteiger partial charge in [-0.2, -0.15) is 0 Å². The number of nitrogens with two attached hydrogens (primary N) is 1. The van der Waals surface area contributed by atoms with Crippen molar-refractivity contribution in [1.82, 2.24) is 0 Å². The molecule has 13 heavy (non-hydrogen) atoms. The molecule has 1 aromatic carbocycles. The molecule has 1 atom stereocenters. The van der Waals surface area contributed by atoms with E-state index in [4.69, 9.17) is 5.73 Å². The lowest BCUT2D eigenvalue weighted by Crippen LogP contribution is -2.34. The van der Waals surface area contributed by atoms with Gasteiger partial charge in [0.1, 0.15) is 6.67 Å². The molecule has 0 aliphatic carbocycles. The summed E-state index contributed by atoms with van der Waals surface area (Å²) >= 11 is 3.39. The minimum Gasteiger partial charge on any atom is -0.329 e. The maximum absolute atomic E-state index is 12.8. The van der Waals surface area contributed by atoms with E-state index >= 15 is 0 Å². The molecule has 72 valence electrons. The Morgan fingerprint density at radius 1 is 1.46 bits per heavy atom. The fourth-order valence-corrected chi connectivity index (χ4v) is 1.95. The van der Waals surface area contributed by atoms with Gasteiger partial charge in [0.05, 0.1) is 0 Å². The Morgan fingerprint density at radius 3 is 2.54 bits per heavy atom. The first-order valence-corrected chi connectivity index (χ1v) is 4.94. The summed E-state index contributed by atoms with van der Waals surface area (Å²) in [6.07, 6.45) is 0. The Bertz CT molecular complexity index is 284. The first-order valence-electron chi connectivity index (χ1n) is 4.15. The van der Waals surface area contributed by atoms with Crippen molar-refractivity contribution in [2.75, 3.05) is 13.2 Å². The highest BCUT2D eigenvalue weighted by Crippen LogP contribution is 2.29. The third-order valence-electron chi connectivity index (χ3n) is 2.27. The number of benzene rings is 1. The van der Waals surface area contributed by atoms with Crippen LogP contribution in [0.15, 0.2) is 28.7 Å². The molecule has 0 heterocycles. The van der Waals surface area contributed by atoms with E-state index in [2.05, 4.69) is 15.9 Å². The Labute approximate surface area is 86.3 Å². The molecule has 1 nitrogen and oxygen atoms in total. The second kappa shape index (κ2) is 4.20. The molecule has 0 spiro atoms. The number of rotatable bonds is 3. The third kappa shape index (κ3) is 2.09. The molecule has 0 radical (unpaired) electrons. The van der Waals surface area contributed by atoms with Crippen LogP contribution < -0.4 is 5.73 Å². The van der Waals surface area contributed by atoms with Crippen LogP contribution in [0.2, 0.25) is 0 Å². The van der Waals surface area contributed by atoms with Crippen molar-refractivity contribution in [1.29, 1.82) is 0 Å². The van der Waals surface area contributed by atoms with E-state index in [0.29, 0.717) is 6.54 Å². The maximum atomic E-state index is 12.8. The van der Waals surface area contributed by atoms with Crippen LogP contribution in [0, 0.1) is 0 Å². The van der Waals surface area contributed by atoms with Crippen molar-refractivity contribution in [2.24, 2.45) is 5.73 Å². The van der Waals surface area contributed by atoms with E-state index in [1.807, 2.05) is 31.2 Å². The lowest BCUT2D eigenvalue weighted by molar-refractivity contribution is 0.333. The van der Waals surface area contributed by atoms with Gasteiger partial charge in [0.15, 0.2) is 0 Å². The highest BCUT2D eigenvalue weighted by atomic mass is 79.9. The van der Waals surface area contributed by atoms with Crippen molar-refractivity contribution >= 4 is 15.9 Å². The molecule has 1 rings (SSSR count). The zero-order valence-electron chi connectivity index (χ0n) is 7.56. The first-order chi connectivity index (χ1) is 6.14. The van der Waals surface area contributed by atoms with Crippen LogP contribution >= 0.6 is 15.9 Å².